The van der Waals surface area contributed by atoms with Gasteiger partial charge in [0, 0.05) is 37.2 Å². The van der Waals surface area contributed by atoms with Crippen molar-refractivity contribution < 1.29 is 4.79 Å². The van der Waals surface area contributed by atoms with Crippen molar-refractivity contribution in [3.8, 4) is 5.69 Å². The normalized spacial score (nSPS) is 19.4. The lowest BCUT2D eigenvalue weighted by Crippen LogP contribution is -2.26. The first-order valence-corrected chi connectivity index (χ1v) is 9.88. The highest BCUT2D eigenvalue weighted by atomic mass is 16.2. The Labute approximate surface area is 164 Å². The molecule has 3 aromatic rings. The zero-order valence-electron chi connectivity index (χ0n) is 16.0. The van der Waals surface area contributed by atoms with Gasteiger partial charge in [0.25, 0.3) is 0 Å². The quantitative estimate of drug-likeness (QED) is 0.688. The SMILES string of the molecule is Cc1cnccc1-n1nc(C2CC2)nc1CN1CC(c2ccccc2)CC1=O. The van der Waals surface area contributed by atoms with Crippen LogP contribution in [-0.2, 0) is 11.3 Å². The number of nitrogens with zero attached hydrogens (tertiary/aromatic N) is 5. The number of benzene rings is 1. The number of aromatic nitrogens is 4. The van der Waals surface area contributed by atoms with Crippen molar-refractivity contribution in [1.29, 1.82) is 0 Å². The fourth-order valence-electron chi connectivity index (χ4n) is 3.92. The fraction of sp³-hybridized carbons (Fsp3) is 0.364. The molecule has 1 saturated heterocycles. The molecule has 5 rings (SSSR count). The molecule has 1 atom stereocenters. The third-order valence-electron chi connectivity index (χ3n) is 5.67. The van der Waals surface area contributed by atoms with Crippen molar-refractivity contribution in [2.24, 2.45) is 0 Å². The molecule has 6 heteroatoms. The van der Waals surface area contributed by atoms with Crippen molar-refractivity contribution >= 4 is 5.91 Å². The van der Waals surface area contributed by atoms with Crippen LogP contribution in [0.15, 0.2) is 48.8 Å². The van der Waals surface area contributed by atoms with E-state index in [-0.39, 0.29) is 11.8 Å². The molecule has 2 aliphatic rings. The summed E-state index contributed by atoms with van der Waals surface area (Å²) < 4.78 is 1.91. The molecule has 0 spiro atoms. The van der Waals surface area contributed by atoms with Crippen molar-refractivity contribution in [3.05, 3.63) is 71.6 Å². The van der Waals surface area contributed by atoms with Crippen LogP contribution in [0.1, 0.15) is 53.9 Å². The molecular weight excluding hydrogens is 350 g/mol. The molecule has 1 aliphatic heterocycles. The number of aryl methyl sites for hydroxylation is 1. The van der Waals surface area contributed by atoms with Gasteiger partial charge in [0.1, 0.15) is 0 Å². The lowest BCUT2D eigenvalue weighted by atomic mass is 9.99. The Morgan fingerprint density at radius 1 is 1.11 bits per heavy atom. The minimum Gasteiger partial charge on any atom is -0.335 e. The Morgan fingerprint density at radius 2 is 1.93 bits per heavy atom. The number of likely N-dealkylation sites (tertiary alicyclic amines) is 1. The largest absolute Gasteiger partial charge is 0.335 e. The summed E-state index contributed by atoms with van der Waals surface area (Å²) >= 11 is 0. The molecule has 2 aromatic heterocycles. The molecule has 6 nitrogen and oxygen atoms in total. The van der Waals surface area contributed by atoms with Gasteiger partial charge in [-0.2, -0.15) is 5.10 Å². The standard InChI is InChI=1S/C22H23N5O/c1-15-12-23-10-9-19(15)27-20(24-22(25-27)17-7-8-17)14-26-13-18(11-21(26)28)16-5-3-2-4-6-16/h2-6,9-10,12,17-18H,7-8,11,13-14H2,1H3. The number of hydrogen-bond acceptors (Lipinski definition) is 4. The molecular formula is C22H23N5O. The minimum absolute atomic E-state index is 0.183. The van der Waals surface area contributed by atoms with Crippen LogP contribution in [0.4, 0.5) is 0 Å². The lowest BCUT2D eigenvalue weighted by Gasteiger charge is -2.17. The van der Waals surface area contributed by atoms with E-state index in [1.807, 2.05) is 47.0 Å². The smallest absolute Gasteiger partial charge is 0.223 e. The van der Waals surface area contributed by atoms with Gasteiger partial charge in [-0.1, -0.05) is 30.3 Å². The Bertz CT molecular complexity index is 1010. The second-order valence-corrected chi connectivity index (χ2v) is 7.82. The van der Waals surface area contributed by atoms with Crippen molar-refractivity contribution in [3.63, 3.8) is 0 Å². The zero-order chi connectivity index (χ0) is 19.1. The summed E-state index contributed by atoms with van der Waals surface area (Å²) in [6.07, 6.45) is 6.47. The Kier molecular flexibility index (Phi) is 4.19. The highest BCUT2D eigenvalue weighted by Crippen LogP contribution is 2.38. The molecule has 1 unspecified atom stereocenters. The van der Waals surface area contributed by atoms with Gasteiger partial charge < -0.3 is 4.90 Å². The van der Waals surface area contributed by atoms with Gasteiger partial charge >= 0.3 is 0 Å². The number of carbonyl (C=O) groups is 1. The highest BCUT2D eigenvalue weighted by Gasteiger charge is 2.33. The number of hydrogen-bond donors (Lipinski definition) is 0. The van der Waals surface area contributed by atoms with Gasteiger partial charge in [0.15, 0.2) is 11.6 Å². The summed E-state index contributed by atoms with van der Waals surface area (Å²) in [5.74, 6) is 2.63. The molecule has 0 N–H and O–H groups in total. The molecule has 1 aliphatic carbocycles. The van der Waals surface area contributed by atoms with Gasteiger partial charge in [0.05, 0.1) is 12.2 Å². The van der Waals surface area contributed by atoms with Crippen LogP contribution >= 0.6 is 0 Å². The molecule has 0 radical (unpaired) electrons. The monoisotopic (exact) mass is 373 g/mol. The maximum atomic E-state index is 12.7. The summed E-state index contributed by atoms with van der Waals surface area (Å²) in [6, 6.07) is 12.3. The minimum atomic E-state index is 0.183. The predicted octanol–water partition coefficient (Wildman–Crippen LogP) is 3.36. The molecule has 142 valence electrons. The molecule has 1 saturated carbocycles. The van der Waals surface area contributed by atoms with Crippen LogP contribution < -0.4 is 0 Å². The fourth-order valence-corrected chi connectivity index (χ4v) is 3.92. The molecule has 3 heterocycles. The Balaban J connectivity index is 1.43. The highest BCUT2D eigenvalue weighted by molar-refractivity contribution is 5.79. The number of rotatable bonds is 5. The predicted molar refractivity (Wildman–Crippen MR) is 105 cm³/mol. The second-order valence-electron chi connectivity index (χ2n) is 7.82. The summed E-state index contributed by atoms with van der Waals surface area (Å²) in [6.45, 7) is 3.24. The molecule has 1 aromatic carbocycles. The average molecular weight is 373 g/mol. The summed E-state index contributed by atoms with van der Waals surface area (Å²) in [7, 11) is 0. The van der Waals surface area contributed by atoms with E-state index in [0.29, 0.717) is 18.9 Å². The molecule has 0 bridgehead atoms. The van der Waals surface area contributed by atoms with Crippen LogP contribution in [0.2, 0.25) is 0 Å². The van der Waals surface area contributed by atoms with E-state index in [9.17, 15) is 4.79 Å². The van der Waals surface area contributed by atoms with E-state index in [1.165, 1.54) is 5.56 Å². The van der Waals surface area contributed by atoms with Crippen LogP contribution in [0.25, 0.3) is 5.69 Å². The van der Waals surface area contributed by atoms with Gasteiger partial charge in [-0.3, -0.25) is 9.78 Å². The zero-order valence-corrected chi connectivity index (χ0v) is 16.0. The number of amides is 1. The van der Waals surface area contributed by atoms with E-state index >= 15 is 0 Å². The topological polar surface area (TPSA) is 63.9 Å². The van der Waals surface area contributed by atoms with E-state index < -0.39 is 0 Å². The maximum absolute atomic E-state index is 12.7. The first-order chi connectivity index (χ1) is 13.7. The van der Waals surface area contributed by atoms with Gasteiger partial charge in [-0.15, -0.1) is 0 Å². The van der Waals surface area contributed by atoms with Gasteiger partial charge in [-0.05, 0) is 37.0 Å². The van der Waals surface area contributed by atoms with E-state index in [1.54, 1.807) is 6.20 Å². The van der Waals surface area contributed by atoms with Gasteiger partial charge in [-0.25, -0.2) is 9.67 Å². The second kappa shape index (κ2) is 6.86. The third kappa shape index (κ3) is 3.19. The van der Waals surface area contributed by atoms with E-state index in [0.717, 1.165) is 42.3 Å². The summed E-state index contributed by atoms with van der Waals surface area (Å²) in [5, 5.41) is 4.79. The third-order valence-corrected chi connectivity index (χ3v) is 5.67. The molecule has 2 fully saturated rings. The van der Waals surface area contributed by atoms with Gasteiger partial charge in [0.2, 0.25) is 5.91 Å². The average Bonchev–Trinajstić information content (AvgIpc) is 3.39. The molecule has 1 amide bonds. The first-order valence-electron chi connectivity index (χ1n) is 9.88. The first kappa shape index (κ1) is 17.1. The maximum Gasteiger partial charge on any atom is 0.223 e. The Hall–Kier alpha value is -3.02. The van der Waals surface area contributed by atoms with Crippen molar-refractivity contribution in [1.82, 2.24) is 24.6 Å². The van der Waals surface area contributed by atoms with Crippen LogP contribution in [0.3, 0.4) is 0 Å². The lowest BCUT2D eigenvalue weighted by molar-refractivity contribution is -0.128. The van der Waals surface area contributed by atoms with Crippen LogP contribution in [0, 0.1) is 6.92 Å². The summed E-state index contributed by atoms with van der Waals surface area (Å²) in [5.41, 5.74) is 3.25. The van der Waals surface area contributed by atoms with Crippen molar-refractivity contribution in [2.75, 3.05) is 6.54 Å². The van der Waals surface area contributed by atoms with Crippen molar-refractivity contribution in [2.45, 2.75) is 44.6 Å². The number of carbonyl (C=O) groups excluding carboxylic acids is 1. The van der Waals surface area contributed by atoms with E-state index in [2.05, 4.69) is 17.1 Å². The number of pyridine rings is 1. The summed E-state index contributed by atoms with van der Waals surface area (Å²) in [4.78, 5) is 23.6. The van der Waals surface area contributed by atoms with Crippen LogP contribution in [-0.4, -0.2) is 37.1 Å². The Morgan fingerprint density at radius 3 is 2.68 bits per heavy atom. The van der Waals surface area contributed by atoms with Crippen LogP contribution in [0.5, 0.6) is 0 Å². The molecule has 28 heavy (non-hydrogen) atoms. The van der Waals surface area contributed by atoms with E-state index in [4.69, 9.17) is 10.1 Å².